The van der Waals surface area contributed by atoms with Crippen LogP contribution in [0.5, 0.6) is 17.4 Å². The first-order chi connectivity index (χ1) is 17.6. The zero-order valence-electron chi connectivity index (χ0n) is 21.3. The van der Waals surface area contributed by atoms with Crippen LogP contribution in [-0.4, -0.2) is 58.8 Å². The summed E-state index contributed by atoms with van der Waals surface area (Å²) in [6.45, 7) is 8.45. The lowest BCUT2D eigenvalue weighted by atomic mass is 10.1. The molecule has 1 N–H and O–H groups in total. The minimum Gasteiger partial charge on any atom is -0.493 e. The monoisotopic (exact) mass is 491 g/mol. The van der Waals surface area contributed by atoms with Gasteiger partial charge in [0.2, 0.25) is 5.88 Å². The first-order valence-corrected chi connectivity index (χ1v) is 12.7. The molecule has 7 heteroatoms. The molecular formula is C29H37N3O4. The van der Waals surface area contributed by atoms with Gasteiger partial charge in [-0.25, -0.2) is 4.68 Å². The van der Waals surface area contributed by atoms with Crippen LogP contribution in [0, 0.1) is 6.92 Å². The third-order valence-electron chi connectivity index (χ3n) is 6.45. The first kappa shape index (κ1) is 25.9. The van der Waals surface area contributed by atoms with E-state index in [1.165, 1.54) is 0 Å². The molecule has 7 nitrogen and oxygen atoms in total. The second kappa shape index (κ2) is 12.7. The van der Waals surface area contributed by atoms with Crippen molar-refractivity contribution in [2.24, 2.45) is 0 Å². The van der Waals surface area contributed by atoms with Crippen LogP contribution in [-0.2, 0) is 11.3 Å². The molecule has 1 aromatic heterocycles. The van der Waals surface area contributed by atoms with Gasteiger partial charge in [-0.1, -0.05) is 36.4 Å². The molecule has 1 saturated heterocycles. The molecule has 36 heavy (non-hydrogen) atoms. The third kappa shape index (κ3) is 6.55. The van der Waals surface area contributed by atoms with E-state index in [0.29, 0.717) is 36.9 Å². The average molecular weight is 492 g/mol. The number of para-hydroxylation sites is 3. The Morgan fingerprint density at radius 3 is 2.64 bits per heavy atom. The van der Waals surface area contributed by atoms with Gasteiger partial charge < -0.3 is 19.3 Å². The van der Waals surface area contributed by atoms with Crippen LogP contribution in [0.25, 0.3) is 5.69 Å². The lowest BCUT2D eigenvalue weighted by molar-refractivity contribution is 0.0442. The van der Waals surface area contributed by atoms with Crippen molar-refractivity contribution in [3.63, 3.8) is 0 Å². The summed E-state index contributed by atoms with van der Waals surface area (Å²) in [5.41, 5.74) is 2.76. The fourth-order valence-corrected chi connectivity index (χ4v) is 4.58. The van der Waals surface area contributed by atoms with E-state index in [1.807, 2.05) is 72.3 Å². The Hall–Kier alpha value is -3.13. The van der Waals surface area contributed by atoms with Crippen molar-refractivity contribution in [3.05, 3.63) is 78.5 Å². The van der Waals surface area contributed by atoms with Crippen LogP contribution in [0.15, 0.2) is 67.3 Å². The van der Waals surface area contributed by atoms with Crippen molar-refractivity contribution in [2.45, 2.75) is 51.4 Å². The number of rotatable bonds is 13. The van der Waals surface area contributed by atoms with Crippen LogP contribution in [0.3, 0.4) is 0 Å². The van der Waals surface area contributed by atoms with E-state index in [9.17, 15) is 5.11 Å². The Morgan fingerprint density at radius 1 is 1.19 bits per heavy atom. The maximum absolute atomic E-state index is 10.7. The fourth-order valence-electron chi connectivity index (χ4n) is 4.58. The van der Waals surface area contributed by atoms with Crippen molar-refractivity contribution in [1.29, 1.82) is 0 Å². The largest absolute Gasteiger partial charge is 0.493 e. The number of aliphatic hydroxyl groups excluding tert-OH is 1. The van der Waals surface area contributed by atoms with Crippen molar-refractivity contribution in [3.8, 4) is 23.1 Å². The van der Waals surface area contributed by atoms with Gasteiger partial charge in [-0.3, -0.25) is 4.90 Å². The summed E-state index contributed by atoms with van der Waals surface area (Å²) in [5, 5.41) is 15.6. The molecule has 1 aliphatic heterocycles. The molecule has 0 saturated carbocycles. The molecule has 0 aliphatic carbocycles. The summed E-state index contributed by atoms with van der Waals surface area (Å²) in [4.78, 5) is 2.26. The van der Waals surface area contributed by atoms with E-state index >= 15 is 0 Å². The van der Waals surface area contributed by atoms with Crippen LogP contribution in [0.4, 0.5) is 0 Å². The first-order valence-electron chi connectivity index (χ1n) is 12.7. The molecule has 2 heterocycles. The number of ether oxygens (including phenoxy) is 3. The van der Waals surface area contributed by atoms with Crippen LogP contribution in [0.2, 0.25) is 0 Å². The average Bonchev–Trinajstić information content (AvgIpc) is 3.52. The number of benzene rings is 2. The zero-order chi connectivity index (χ0) is 25.3. The minimum absolute atomic E-state index is 0.166. The molecule has 0 bridgehead atoms. The van der Waals surface area contributed by atoms with Crippen LogP contribution < -0.4 is 9.47 Å². The second-order valence-corrected chi connectivity index (χ2v) is 9.22. The normalized spacial score (nSPS) is 16.3. The molecule has 0 spiro atoms. The van der Waals surface area contributed by atoms with Gasteiger partial charge in [0.1, 0.15) is 0 Å². The molecule has 0 amide bonds. The quantitative estimate of drug-likeness (QED) is 0.328. The third-order valence-corrected chi connectivity index (χ3v) is 6.45. The number of nitrogens with zero attached hydrogens (tertiary/aromatic N) is 3. The van der Waals surface area contributed by atoms with Gasteiger partial charge in [0.15, 0.2) is 11.5 Å². The Morgan fingerprint density at radius 2 is 1.94 bits per heavy atom. The van der Waals surface area contributed by atoms with Gasteiger partial charge in [-0.05, 0) is 56.9 Å². The summed E-state index contributed by atoms with van der Waals surface area (Å²) in [6, 6.07) is 17.6. The highest BCUT2D eigenvalue weighted by Gasteiger charge is 2.26. The summed E-state index contributed by atoms with van der Waals surface area (Å²) in [7, 11) is 1.64. The highest BCUT2D eigenvalue weighted by atomic mass is 16.5. The number of aryl methyl sites for hydroxylation is 1. The number of allylic oxidation sites excluding steroid dienone is 1. The van der Waals surface area contributed by atoms with Gasteiger partial charge in [0, 0.05) is 26.2 Å². The molecule has 2 aromatic carbocycles. The maximum Gasteiger partial charge on any atom is 0.227 e. The molecule has 3 aromatic rings. The van der Waals surface area contributed by atoms with Crippen molar-refractivity contribution in [1.82, 2.24) is 14.7 Å². The van der Waals surface area contributed by atoms with E-state index in [4.69, 9.17) is 19.3 Å². The Bertz CT molecular complexity index is 1110. The lowest BCUT2D eigenvalue weighted by Gasteiger charge is -2.27. The summed E-state index contributed by atoms with van der Waals surface area (Å²) < 4.78 is 19.8. The SMILES string of the molecule is C=CCC[C@H](O)CN(Cc1c(C)nn(-c2ccccc2)c1Oc1ccccc1OC)C[C@H]1CCCO1. The summed E-state index contributed by atoms with van der Waals surface area (Å²) in [5.74, 6) is 1.91. The molecule has 1 aliphatic rings. The fraction of sp³-hybridized carbons (Fsp3) is 0.414. The van der Waals surface area contributed by atoms with Crippen molar-refractivity contribution < 1.29 is 19.3 Å². The number of aromatic nitrogens is 2. The van der Waals surface area contributed by atoms with E-state index < -0.39 is 6.10 Å². The Kier molecular flexibility index (Phi) is 9.17. The molecule has 1 fully saturated rings. The predicted octanol–water partition coefficient (Wildman–Crippen LogP) is 5.29. The lowest BCUT2D eigenvalue weighted by Crippen LogP contribution is -2.37. The van der Waals surface area contributed by atoms with E-state index in [-0.39, 0.29) is 6.10 Å². The molecule has 192 valence electrons. The predicted molar refractivity (Wildman–Crippen MR) is 141 cm³/mol. The topological polar surface area (TPSA) is 69.0 Å². The number of hydrogen-bond acceptors (Lipinski definition) is 6. The molecule has 0 unspecified atom stereocenters. The van der Waals surface area contributed by atoms with Gasteiger partial charge in [0.25, 0.3) is 0 Å². The maximum atomic E-state index is 10.7. The molecular weight excluding hydrogens is 454 g/mol. The molecule has 2 atom stereocenters. The van der Waals surface area contributed by atoms with Gasteiger partial charge >= 0.3 is 0 Å². The number of hydrogen-bond donors (Lipinski definition) is 1. The molecule has 0 radical (unpaired) electrons. The van der Waals surface area contributed by atoms with E-state index in [2.05, 4.69) is 11.5 Å². The second-order valence-electron chi connectivity index (χ2n) is 9.22. The van der Waals surface area contributed by atoms with Crippen LogP contribution >= 0.6 is 0 Å². The highest BCUT2D eigenvalue weighted by Crippen LogP contribution is 2.36. The van der Waals surface area contributed by atoms with E-state index in [0.717, 1.165) is 49.4 Å². The summed E-state index contributed by atoms with van der Waals surface area (Å²) >= 11 is 0. The molecule has 4 rings (SSSR count). The summed E-state index contributed by atoms with van der Waals surface area (Å²) in [6.07, 6.45) is 5.13. The standard InChI is InChI=1S/C29H37N3O4/c1-4-5-14-24(33)19-31(20-25-15-11-18-35-25)21-26-22(2)30-32(23-12-7-6-8-13-23)29(26)36-28-17-10-9-16-27(28)34-3/h4,6-10,12-13,16-17,24-25,33H,1,5,11,14-15,18-21H2,2-3H3/t24-,25+/m0/s1. The smallest absolute Gasteiger partial charge is 0.227 e. The Labute approximate surface area is 213 Å². The highest BCUT2D eigenvalue weighted by molar-refractivity contribution is 5.47. The van der Waals surface area contributed by atoms with Crippen molar-refractivity contribution in [2.75, 3.05) is 26.8 Å². The van der Waals surface area contributed by atoms with Crippen LogP contribution in [0.1, 0.15) is 36.9 Å². The van der Waals surface area contributed by atoms with Gasteiger partial charge in [0.05, 0.1) is 36.3 Å². The number of aliphatic hydroxyl groups is 1. The zero-order valence-corrected chi connectivity index (χ0v) is 21.3. The van der Waals surface area contributed by atoms with E-state index in [1.54, 1.807) is 7.11 Å². The van der Waals surface area contributed by atoms with Crippen molar-refractivity contribution >= 4 is 0 Å². The minimum atomic E-state index is -0.451. The number of methoxy groups -OCH3 is 1. The van der Waals surface area contributed by atoms with Gasteiger partial charge in [-0.2, -0.15) is 5.10 Å². The Balaban J connectivity index is 1.69. The van der Waals surface area contributed by atoms with Gasteiger partial charge in [-0.15, -0.1) is 6.58 Å².